The van der Waals surface area contributed by atoms with E-state index in [1.807, 2.05) is 44.2 Å². The van der Waals surface area contributed by atoms with Gasteiger partial charge in [-0.1, -0.05) is 18.2 Å². The lowest BCUT2D eigenvalue weighted by atomic mass is 10.1. The predicted molar refractivity (Wildman–Crippen MR) is 104 cm³/mol. The van der Waals surface area contributed by atoms with E-state index in [9.17, 15) is 4.79 Å². The third-order valence-corrected chi connectivity index (χ3v) is 4.20. The molecule has 0 atom stereocenters. The maximum absolute atomic E-state index is 12.4. The van der Waals surface area contributed by atoms with E-state index in [0.717, 1.165) is 11.1 Å². The summed E-state index contributed by atoms with van der Waals surface area (Å²) in [7, 11) is 3.16. The number of aromatic nitrogens is 4. The fourth-order valence-corrected chi connectivity index (χ4v) is 2.61. The van der Waals surface area contributed by atoms with E-state index in [4.69, 9.17) is 9.47 Å². The first-order valence-electron chi connectivity index (χ1n) is 8.91. The Labute approximate surface area is 163 Å². The van der Waals surface area contributed by atoms with E-state index in [1.54, 1.807) is 31.1 Å². The minimum atomic E-state index is -0.167. The van der Waals surface area contributed by atoms with Gasteiger partial charge in [0.05, 0.1) is 20.3 Å². The zero-order chi connectivity index (χ0) is 20.1. The van der Waals surface area contributed by atoms with Crippen molar-refractivity contribution in [3.63, 3.8) is 0 Å². The van der Waals surface area contributed by atoms with Crippen molar-refractivity contribution < 1.29 is 14.3 Å². The van der Waals surface area contributed by atoms with Gasteiger partial charge < -0.3 is 14.8 Å². The van der Waals surface area contributed by atoms with Crippen LogP contribution in [0.5, 0.6) is 11.5 Å². The average molecular weight is 381 g/mol. The number of tetrazole rings is 1. The molecule has 0 fully saturated rings. The number of hydrogen-bond donors (Lipinski definition) is 1. The molecule has 0 radical (unpaired) electrons. The summed E-state index contributed by atoms with van der Waals surface area (Å²) in [5, 5.41) is 15.3. The molecule has 0 saturated heterocycles. The van der Waals surface area contributed by atoms with Crippen LogP contribution in [0.3, 0.4) is 0 Å². The number of nitrogens with one attached hydrogen (secondary N) is 1. The minimum Gasteiger partial charge on any atom is -0.493 e. The molecule has 0 unspecified atom stereocenters. The number of nitrogens with zero attached hydrogens (tertiary/aromatic N) is 4. The van der Waals surface area contributed by atoms with Crippen LogP contribution in [-0.4, -0.2) is 40.3 Å². The third kappa shape index (κ3) is 4.28. The van der Waals surface area contributed by atoms with E-state index in [2.05, 4.69) is 20.7 Å². The number of carbonyl (C=O) groups is 1. The zero-order valence-electron chi connectivity index (χ0n) is 16.3. The van der Waals surface area contributed by atoms with Crippen LogP contribution in [0.25, 0.3) is 11.4 Å². The first-order chi connectivity index (χ1) is 13.5. The highest BCUT2D eigenvalue weighted by Crippen LogP contribution is 2.27. The molecule has 3 aromatic rings. The number of hydrogen-bond acceptors (Lipinski definition) is 6. The molecule has 2 aromatic carbocycles. The second-order valence-electron chi connectivity index (χ2n) is 6.48. The highest BCUT2D eigenvalue weighted by molar-refractivity contribution is 5.94. The van der Waals surface area contributed by atoms with E-state index in [1.165, 1.54) is 0 Å². The standard InChI is InChI=1S/C20H23N5O3/c1-13(2)25-23-19(22-24-25)15-6-8-16(9-7-15)20(26)21-12-14-5-10-17(27-3)18(11-14)28-4/h5-11,13H,12H2,1-4H3,(H,21,26). The Hall–Kier alpha value is -3.42. The summed E-state index contributed by atoms with van der Waals surface area (Å²) in [6, 6.07) is 12.8. The topological polar surface area (TPSA) is 91.2 Å². The van der Waals surface area contributed by atoms with Gasteiger partial charge in [-0.15, -0.1) is 10.2 Å². The van der Waals surface area contributed by atoms with Crippen molar-refractivity contribution >= 4 is 5.91 Å². The molecule has 1 heterocycles. The van der Waals surface area contributed by atoms with Crippen molar-refractivity contribution in [3.8, 4) is 22.9 Å². The fraction of sp³-hybridized carbons (Fsp3) is 0.300. The highest BCUT2D eigenvalue weighted by Gasteiger charge is 2.11. The van der Waals surface area contributed by atoms with Gasteiger partial charge in [-0.2, -0.15) is 4.80 Å². The molecule has 28 heavy (non-hydrogen) atoms. The second-order valence-corrected chi connectivity index (χ2v) is 6.48. The summed E-state index contributed by atoms with van der Waals surface area (Å²) in [5.41, 5.74) is 2.28. The Kier molecular flexibility index (Phi) is 5.88. The molecule has 0 aliphatic rings. The summed E-state index contributed by atoms with van der Waals surface area (Å²) in [6.45, 7) is 4.35. The van der Waals surface area contributed by atoms with Crippen molar-refractivity contribution in [2.45, 2.75) is 26.4 Å². The van der Waals surface area contributed by atoms with Gasteiger partial charge in [-0.3, -0.25) is 4.79 Å². The molecule has 0 aliphatic heterocycles. The second kappa shape index (κ2) is 8.51. The number of benzene rings is 2. The molecular weight excluding hydrogens is 358 g/mol. The normalized spacial score (nSPS) is 10.8. The Morgan fingerprint density at radius 2 is 1.79 bits per heavy atom. The average Bonchev–Trinajstić information content (AvgIpc) is 3.22. The molecule has 146 valence electrons. The van der Waals surface area contributed by atoms with E-state index in [0.29, 0.717) is 29.4 Å². The van der Waals surface area contributed by atoms with Crippen LogP contribution in [-0.2, 0) is 6.54 Å². The lowest BCUT2D eigenvalue weighted by Crippen LogP contribution is -2.22. The monoisotopic (exact) mass is 381 g/mol. The SMILES string of the molecule is COc1ccc(CNC(=O)c2ccc(-c3nnn(C(C)C)n3)cc2)cc1OC. The lowest BCUT2D eigenvalue weighted by molar-refractivity contribution is 0.0951. The highest BCUT2D eigenvalue weighted by atomic mass is 16.5. The molecular formula is C20H23N5O3. The van der Waals surface area contributed by atoms with Crippen molar-refractivity contribution in [2.75, 3.05) is 14.2 Å². The number of carbonyl (C=O) groups excluding carboxylic acids is 1. The summed E-state index contributed by atoms with van der Waals surface area (Å²) in [4.78, 5) is 14.0. The van der Waals surface area contributed by atoms with Crippen LogP contribution >= 0.6 is 0 Å². The number of amides is 1. The van der Waals surface area contributed by atoms with Gasteiger partial charge in [0.2, 0.25) is 5.82 Å². The van der Waals surface area contributed by atoms with Crippen LogP contribution < -0.4 is 14.8 Å². The van der Waals surface area contributed by atoms with E-state index < -0.39 is 0 Å². The first-order valence-corrected chi connectivity index (χ1v) is 8.91. The van der Waals surface area contributed by atoms with Gasteiger partial charge >= 0.3 is 0 Å². The van der Waals surface area contributed by atoms with Gasteiger partial charge in [-0.05, 0) is 48.9 Å². The van der Waals surface area contributed by atoms with Gasteiger partial charge in [0, 0.05) is 17.7 Å². The van der Waals surface area contributed by atoms with Gasteiger partial charge in [-0.25, -0.2) is 0 Å². The number of rotatable bonds is 7. The van der Waals surface area contributed by atoms with Crippen LogP contribution in [0, 0.1) is 0 Å². The molecule has 0 saturated carbocycles. The van der Waals surface area contributed by atoms with Crippen molar-refractivity contribution in [1.29, 1.82) is 0 Å². The fourth-order valence-electron chi connectivity index (χ4n) is 2.61. The quantitative estimate of drug-likeness (QED) is 0.677. The van der Waals surface area contributed by atoms with Gasteiger partial charge in [0.25, 0.3) is 5.91 Å². The molecule has 1 amide bonds. The van der Waals surface area contributed by atoms with Crippen molar-refractivity contribution in [1.82, 2.24) is 25.5 Å². The number of methoxy groups -OCH3 is 2. The van der Waals surface area contributed by atoms with Crippen LogP contribution in [0.2, 0.25) is 0 Å². The summed E-state index contributed by atoms with van der Waals surface area (Å²) >= 11 is 0. The van der Waals surface area contributed by atoms with Crippen LogP contribution in [0.4, 0.5) is 0 Å². The molecule has 3 rings (SSSR count). The molecule has 1 N–H and O–H groups in total. The minimum absolute atomic E-state index is 0.142. The Morgan fingerprint density at radius 1 is 1.07 bits per heavy atom. The molecule has 0 spiro atoms. The molecule has 1 aromatic heterocycles. The molecule has 0 aliphatic carbocycles. The van der Waals surface area contributed by atoms with E-state index >= 15 is 0 Å². The van der Waals surface area contributed by atoms with Crippen LogP contribution in [0.15, 0.2) is 42.5 Å². The Balaban J connectivity index is 1.64. The summed E-state index contributed by atoms with van der Waals surface area (Å²) in [6.07, 6.45) is 0. The lowest BCUT2D eigenvalue weighted by Gasteiger charge is -2.10. The molecule has 0 bridgehead atoms. The Morgan fingerprint density at radius 3 is 2.39 bits per heavy atom. The Bertz CT molecular complexity index is 951. The predicted octanol–water partition coefficient (Wildman–Crippen LogP) is 2.87. The third-order valence-electron chi connectivity index (χ3n) is 4.20. The maximum atomic E-state index is 12.4. The van der Waals surface area contributed by atoms with Gasteiger partial charge in [0.15, 0.2) is 11.5 Å². The smallest absolute Gasteiger partial charge is 0.251 e. The van der Waals surface area contributed by atoms with E-state index in [-0.39, 0.29) is 11.9 Å². The zero-order valence-corrected chi connectivity index (χ0v) is 16.3. The molecule has 8 nitrogen and oxygen atoms in total. The molecule has 8 heteroatoms. The summed E-state index contributed by atoms with van der Waals surface area (Å²) < 4.78 is 10.5. The van der Waals surface area contributed by atoms with Gasteiger partial charge in [0.1, 0.15) is 0 Å². The number of ether oxygens (including phenoxy) is 2. The largest absolute Gasteiger partial charge is 0.493 e. The maximum Gasteiger partial charge on any atom is 0.251 e. The summed E-state index contributed by atoms with van der Waals surface area (Å²) in [5.74, 6) is 1.64. The van der Waals surface area contributed by atoms with Crippen LogP contribution in [0.1, 0.15) is 35.8 Å². The first kappa shape index (κ1) is 19.3. The van der Waals surface area contributed by atoms with Crippen molar-refractivity contribution in [3.05, 3.63) is 53.6 Å². The van der Waals surface area contributed by atoms with Crippen molar-refractivity contribution in [2.24, 2.45) is 0 Å².